The highest BCUT2D eigenvalue weighted by atomic mass is 32.2. The Labute approximate surface area is 168 Å². The molecule has 1 heterocycles. The largest absolute Gasteiger partial charge is 0.351 e. The maximum absolute atomic E-state index is 13.3. The highest BCUT2D eigenvalue weighted by Crippen LogP contribution is 2.26. The van der Waals surface area contributed by atoms with E-state index in [2.05, 4.69) is 15.5 Å². The highest BCUT2D eigenvalue weighted by molar-refractivity contribution is 7.99. The van der Waals surface area contributed by atoms with Gasteiger partial charge in [0.05, 0.1) is 5.75 Å². The maximum Gasteiger partial charge on any atom is 0.230 e. The molecule has 0 saturated heterocycles. The summed E-state index contributed by atoms with van der Waals surface area (Å²) in [4.78, 5) is 12.2. The Hall–Kier alpha value is -2.67. The van der Waals surface area contributed by atoms with Crippen LogP contribution in [0.1, 0.15) is 23.6 Å². The van der Waals surface area contributed by atoms with Crippen LogP contribution in [0.4, 0.5) is 4.39 Å². The molecule has 1 aromatic heterocycles. The lowest BCUT2D eigenvalue weighted by Gasteiger charge is -2.09. The van der Waals surface area contributed by atoms with Crippen LogP contribution >= 0.6 is 11.8 Å². The summed E-state index contributed by atoms with van der Waals surface area (Å²) < 4.78 is 15.3. The van der Waals surface area contributed by atoms with Gasteiger partial charge in [-0.3, -0.25) is 4.79 Å². The standard InChI is InChI=1S/C21H23FN4OS/c1-4-26-20(17-8-6-5-7-14(17)2)24-25-21(26)28-13-19(27)23-12-16-9-10-18(22)15(3)11-16/h5-11H,4,12-13H2,1-3H3,(H,23,27). The van der Waals surface area contributed by atoms with Gasteiger partial charge in [0.1, 0.15) is 5.82 Å². The van der Waals surface area contributed by atoms with Crippen molar-refractivity contribution in [2.24, 2.45) is 0 Å². The molecular formula is C21H23FN4OS. The number of nitrogens with one attached hydrogen (secondary N) is 1. The highest BCUT2D eigenvalue weighted by Gasteiger charge is 2.15. The SMILES string of the molecule is CCn1c(SCC(=O)NCc2ccc(F)c(C)c2)nnc1-c1ccccc1C. The number of carbonyl (C=O) groups excluding carboxylic acids is 1. The van der Waals surface area contributed by atoms with Gasteiger partial charge in [0.15, 0.2) is 11.0 Å². The first-order valence-electron chi connectivity index (χ1n) is 9.13. The minimum Gasteiger partial charge on any atom is -0.351 e. The molecule has 1 N–H and O–H groups in total. The van der Waals surface area contributed by atoms with Crippen molar-refractivity contribution in [3.05, 3.63) is 65.0 Å². The first kappa shape index (κ1) is 20.1. The zero-order chi connectivity index (χ0) is 20.1. The monoisotopic (exact) mass is 398 g/mol. The molecule has 0 aliphatic carbocycles. The molecule has 0 bridgehead atoms. The number of nitrogens with zero attached hydrogens (tertiary/aromatic N) is 3. The van der Waals surface area contributed by atoms with Crippen molar-refractivity contribution in [1.82, 2.24) is 20.1 Å². The Morgan fingerprint density at radius 1 is 1.14 bits per heavy atom. The number of hydrogen-bond donors (Lipinski definition) is 1. The summed E-state index contributed by atoms with van der Waals surface area (Å²) in [5, 5.41) is 12.2. The minimum atomic E-state index is -0.242. The zero-order valence-electron chi connectivity index (χ0n) is 16.2. The van der Waals surface area contributed by atoms with Crippen LogP contribution < -0.4 is 5.32 Å². The summed E-state index contributed by atoms with van der Waals surface area (Å²) in [6.07, 6.45) is 0. The molecule has 1 amide bonds. The Morgan fingerprint density at radius 2 is 1.93 bits per heavy atom. The average molecular weight is 399 g/mol. The molecule has 0 saturated carbocycles. The van der Waals surface area contributed by atoms with E-state index in [4.69, 9.17) is 0 Å². The number of hydrogen-bond acceptors (Lipinski definition) is 4. The molecule has 0 aliphatic rings. The summed E-state index contributed by atoms with van der Waals surface area (Å²) in [7, 11) is 0. The molecular weight excluding hydrogens is 375 g/mol. The van der Waals surface area contributed by atoms with E-state index in [0.29, 0.717) is 17.3 Å². The number of rotatable bonds is 7. The molecule has 0 aliphatic heterocycles. The fourth-order valence-electron chi connectivity index (χ4n) is 2.90. The Morgan fingerprint density at radius 3 is 2.64 bits per heavy atom. The fourth-order valence-corrected chi connectivity index (χ4v) is 3.73. The van der Waals surface area contributed by atoms with E-state index in [1.165, 1.54) is 17.8 Å². The molecule has 28 heavy (non-hydrogen) atoms. The van der Waals surface area contributed by atoms with Crippen LogP contribution in [0, 0.1) is 19.7 Å². The molecule has 3 aromatic rings. The normalized spacial score (nSPS) is 10.9. The third-order valence-electron chi connectivity index (χ3n) is 4.46. The van der Waals surface area contributed by atoms with Crippen LogP contribution in [0.5, 0.6) is 0 Å². The van der Waals surface area contributed by atoms with Crippen molar-refractivity contribution in [1.29, 1.82) is 0 Å². The van der Waals surface area contributed by atoms with Gasteiger partial charge < -0.3 is 9.88 Å². The molecule has 7 heteroatoms. The third kappa shape index (κ3) is 4.59. The lowest BCUT2D eigenvalue weighted by Crippen LogP contribution is -2.24. The van der Waals surface area contributed by atoms with E-state index in [0.717, 1.165) is 29.1 Å². The van der Waals surface area contributed by atoms with Crippen molar-refractivity contribution in [3.8, 4) is 11.4 Å². The van der Waals surface area contributed by atoms with Crippen molar-refractivity contribution in [3.63, 3.8) is 0 Å². The van der Waals surface area contributed by atoms with Gasteiger partial charge in [0.2, 0.25) is 5.91 Å². The number of thioether (sulfide) groups is 1. The summed E-state index contributed by atoms with van der Waals surface area (Å²) in [6, 6.07) is 12.9. The predicted molar refractivity (Wildman–Crippen MR) is 110 cm³/mol. The minimum absolute atomic E-state index is 0.102. The van der Waals surface area contributed by atoms with Crippen LogP contribution in [0.2, 0.25) is 0 Å². The number of amides is 1. The van der Waals surface area contributed by atoms with Crippen LogP contribution in [-0.2, 0) is 17.9 Å². The molecule has 0 atom stereocenters. The second-order valence-electron chi connectivity index (χ2n) is 6.51. The lowest BCUT2D eigenvalue weighted by molar-refractivity contribution is -0.118. The first-order valence-corrected chi connectivity index (χ1v) is 10.1. The van der Waals surface area contributed by atoms with E-state index >= 15 is 0 Å². The zero-order valence-corrected chi connectivity index (χ0v) is 17.0. The molecule has 0 spiro atoms. The number of halogens is 1. The molecule has 2 aromatic carbocycles. The smallest absolute Gasteiger partial charge is 0.230 e. The summed E-state index contributed by atoms with van der Waals surface area (Å²) in [5.74, 6) is 0.709. The quantitative estimate of drug-likeness (QED) is 0.608. The molecule has 5 nitrogen and oxygen atoms in total. The van der Waals surface area contributed by atoms with Crippen molar-refractivity contribution in [2.45, 2.75) is 39.0 Å². The van der Waals surface area contributed by atoms with Crippen molar-refractivity contribution in [2.75, 3.05) is 5.75 Å². The van der Waals surface area contributed by atoms with Crippen LogP contribution in [0.15, 0.2) is 47.6 Å². The Bertz CT molecular complexity index is 986. The van der Waals surface area contributed by atoms with Gasteiger partial charge >= 0.3 is 0 Å². The summed E-state index contributed by atoms with van der Waals surface area (Å²) >= 11 is 1.36. The second kappa shape index (κ2) is 9.01. The number of carbonyl (C=O) groups is 1. The van der Waals surface area contributed by atoms with Gasteiger partial charge in [-0.25, -0.2) is 4.39 Å². The molecule has 3 rings (SSSR count). The van der Waals surface area contributed by atoms with E-state index in [1.54, 1.807) is 19.1 Å². The van der Waals surface area contributed by atoms with Gasteiger partial charge in [0.25, 0.3) is 0 Å². The predicted octanol–water partition coefficient (Wildman–Crippen LogP) is 4.13. The Balaban J connectivity index is 1.62. The molecule has 146 valence electrons. The summed E-state index contributed by atoms with van der Waals surface area (Å²) in [6.45, 7) is 6.87. The Kier molecular flexibility index (Phi) is 6.46. The summed E-state index contributed by atoms with van der Waals surface area (Å²) in [5.41, 5.74) is 3.62. The number of benzene rings is 2. The van der Waals surface area contributed by atoms with Crippen molar-refractivity contribution < 1.29 is 9.18 Å². The number of aromatic nitrogens is 3. The van der Waals surface area contributed by atoms with E-state index in [-0.39, 0.29) is 17.5 Å². The van der Waals surface area contributed by atoms with Gasteiger partial charge in [0, 0.05) is 18.7 Å². The lowest BCUT2D eigenvalue weighted by atomic mass is 10.1. The van der Waals surface area contributed by atoms with E-state index in [9.17, 15) is 9.18 Å². The number of aryl methyl sites for hydroxylation is 2. The van der Waals surface area contributed by atoms with Crippen molar-refractivity contribution >= 4 is 17.7 Å². The van der Waals surface area contributed by atoms with Gasteiger partial charge in [-0.2, -0.15) is 0 Å². The molecule has 0 fully saturated rings. The van der Waals surface area contributed by atoms with E-state index in [1.807, 2.05) is 42.7 Å². The molecule has 0 radical (unpaired) electrons. The topological polar surface area (TPSA) is 59.8 Å². The van der Waals surface area contributed by atoms with Crippen LogP contribution in [0.25, 0.3) is 11.4 Å². The fraction of sp³-hybridized carbons (Fsp3) is 0.286. The van der Waals surface area contributed by atoms with Gasteiger partial charge in [-0.05, 0) is 43.5 Å². The second-order valence-corrected chi connectivity index (χ2v) is 7.46. The van der Waals surface area contributed by atoms with E-state index < -0.39 is 0 Å². The van der Waals surface area contributed by atoms with Crippen LogP contribution in [0.3, 0.4) is 0 Å². The first-order chi connectivity index (χ1) is 13.5. The maximum atomic E-state index is 13.3. The average Bonchev–Trinajstić information content (AvgIpc) is 3.10. The van der Waals surface area contributed by atoms with Gasteiger partial charge in [-0.1, -0.05) is 48.2 Å². The third-order valence-corrected chi connectivity index (χ3v) is 5.43. The molecule has 0 unspecified atom stereocenters. The van der Waals surface area contributed by atoms with Crippen LogP contribution in [-0.4, -0.2) is 26.4 Å². The van der Waals surface area contributed by atoms with Gasteiger partial charge in [-0.15, -0.1) is 10.2 Å².